The summed E-state index contributed by atoms with van der Waals surface area (Å²) in [6.45, 7) is 4.05. The second-order valence-corrected chi connectivity index (χ2v) is 6.20. The zero-order valence-corrected chi connectivity index (χ0v) is 14.6. The van der Waals surface area contributed by atoms with Gasteiger partial charge in [0.15, 0.2) is 0 Å². The molecule has 0 spiro atoms. The van der Waals surface area contributed by atoms with Crippen molar-refractivity contribution in [2.24, 2.45) is 0 Å². The van der Waals surface area contributed by atoms with Gasteiger partial charge in [0.05, 0.1) is 23.1 Å². The number of carbonyl (C=O) groups is 2. The molecule has 6 heteroatoms. The summed E-state index contributed by atoms with van der Waals surface area (Å²) in [5.41, 5.74) is 2.37. The van der Waals surface area contributed by atoms with Gasteiger partial charge in [-0.3, -0.25) is 9.59 Å². The number of likely N-dealkylation sites (tertiary alicyclic amines) is 1. The molecule has 132 valence electrons. The Morgan fingerprint density at radius 1 is 1.16 bits per heavy atom. The number of nitrogens with zero attached hydrogens (tertiary/aromatic N) is 3. The lowest BCUT2D eigenvalue weighted by molar-refractivity contribution is -0.129. The first-order chi connectivity index (χ1) is 12.2. The number of nitrogens with one attached hydrogen (secondary N) is 1. The molecule has 25 heavy (non-hydrogen) atoms. The fourth-order valence-corrected chi connectivity index (χ4v) is 3.20. The quantitative estimate of drug-likeness (QED) is 0.876. The smallest absolute Gasteiger partial charge is 0.254 e. The third-order valence-electron chi connectivity index (χ3n) is 4.53. The fraction of sp³-hybridized carbons (Fsp3) is 0.421. The highest BCUT2D eigenvalue weighted by atomic mass is 16.2. The van der Waals surface area contributed by atoms with Gasteiger partial charge >= 0.3 is 0 Å². The Bertz CT molecular complexity index is 733. The lowest BCUT2D eigenvalue weighted by Gasteiger charge is -2.15. The highest BCUT2D eigenvalue weighted by molar-refractivity contribution is 5.95. The van der Waals surface area contributed by atoms with E-state index in [0.29, 0.717) is 24.9 Å². The summed E-state index contributed by atoms with van der Waals surface area (Å²) >= 11 is 0. The Hall–Kier alpha value is -2.63. The monoisotopic (exact) mass is 340 g/mol. The predicted molar refractivity (Wildman–Crippen MR) is 95.7 cm³/mol. The van der Waals surface area contributed by atoms with E-state index in [1.54, 1.807) is 10.9 Å². The van der Waals surface area contributed by atoms with Crippen molar-refractivity contribution < 1.29 is 9.59 Å². The highest BCUT2D eigenvalue weighted by Gasteiger charge is 2.19. The molecule has 1 saturated heterocycles. The number of hydrogen-bond acceptors (Lipinski definition) is 3. The van der Waals surface area contributed by atoms with E-state index >= 15 is 0 Å². The first-order valence-electron chi connectivity index (χ1n) is 8.89. The molecule has 0 bridgehead atoms. The Kier molecular flexibility index (Phi) is 5.48. The Morgan fingerprint density at radius 2 is 1.88 bits per heavy atom. The van der Waals surface area contributed by atoms with Gasteiger partial charge in [-0.05, 0) is 31.4 Å². The van der Waals surface area contributed by atoms with Crippen LogP contribution in [-0.4, -0.2) is 46.1 Å². The molecular formula is C19H24N4O2. The van der Waals surface area contributed by atoms with Crippen LogP contribution in [0.25, 0.3) is 5.69 Å². The fourth-order valence-electron chi connectivity index (χ4n) is 3.20. The average molecular weight is 340 g/mol. The number of aromatic nitrogens is 2. The van der Waals surface area contributed by atoms with Crippen LogP contribution < -0.4 is 5.32 Å². The molecule has 1 aromatic carbocycles. The van der Waals surface area contributed by atoms with Crippen molar-refractivity contribution in [3.63, 3.8) is 0 Å². The molecule has 2 heterocycles. The molecule has 1 aromatic heterocycles. The van der Waals surface area contributed by atoms with Crippen LogP contribution in [-0.2, 0) is 11.2 Å². The van der Waals surface area contributed by atoms with Gasteiger partial charge in [0.2, 0.25) is 5.91 Å². The van der Waals surface area contributed by atoms with Crippen molar-refractivity contribution in [3.8, 4) is 5.69 Å². The van der Waals surface area contributed by atoms with Crippen LogP contribution in [0.1, 0.15) is 42.2 Å². The summed E-state index contributed by atoms with van der Waals surface area (Å²) in [6, 6.07) is 9.76. The molecule has 1 N–H and O–H groups in total. The van der Waals surface area contributed by atoms with Gasteiger partial charge < -0.3 is 10.2 Å². The summed E-state index contributed by atoms with van der Waals surface area (Å²) in [6.07, 6.45) is 4.81. The third-order valence-corrected chi connectivity index (χ3v) is 4.53. The SMILES string of the molecule is CCc1c(C(=O)NCCC(=O)N2CCCC2)cnn1-c1ccccc1. The number of amides is 2. The average Bonchev–Trinajstić information content (AvgIpc) is 3.31. The molecule has 0 saturated carbocycles. The van der Waals surface area contributed by atoms with E-state index in [-0.39, 0.29) is 11.8 Å². The van der Waals surface area contributed by atoms with Gasteiger partial charge in [0.1, 0.15) is 0 Å². The zero-order valence-electron chi connectivity index (χ0n) is 14.6. The molecule has 1 fully saturated rings. The molecule has 0 atom stereocenters. The van der Waals surface area contributed by atoms with E-state index in [1.807, 2.05) is 42.2 Å². The van der Waals surface area contributed by atoms with Crippen LogP contribution in [0, 0.1) is 0 Å². The van der Waals surface area contributed by atoms with Crippen molar-refractivity contribution in [1.82, 2.24) is 20.0 Å². The predicted octanol–water partition coefficient (Wildman–Crippen LogP) is 2.18. The van der Waals surface area contributed by atoms with Crippen molar-refractivity contribution in [2.45, 2.75) is 32.6 Å². The van der Waals surface area contributed by atoms with E-state index in [4.69, 9.17) is 0 Å². The minimum absolute atomic E-state index is 0.119. The van der Waals surface area contributed by atoms with Gasteiger partial charge in [-0.15, -0.1) is 0 Å². The first-order valence-corrected chi connectivity index (χ1v) is 8.89. The Morgan fingerprint density at radius 3 is 2.56 bits per heavy atom. The molecule has 2 amide bonds. The maximum absolute atomic E-state index is 12.5. The van der Waals surface area contributed by atoms with E-state index in [0.717, 1.165) is 37.3 Å². The lowest BCUT2D eigenvalue weighted by Crippen LogP contribution is -2.32. The molecule has 1 aliphatic rings. The molecular weight excluding hydrogens is 316 g/mol. The van der Waals surface area contributed by atoms with Crippen LogP contribution >= 0.6 is 0 Å². The van der Waals surface area contributed by atoms with Crippen molar-refractivity contribution in [3.05, 3.63) is 47.8 Å². The molecule has 3 rings (SSSR count). The van der Waals surface area contributed by atoms with Crippen LogP contribution in [0.5, 0.6) is 0 Å². The molecule has 0 radical (unpaired) electrons. The Balaban J connectivity index is 1.62. The molecule has 2 aromatic rings. The summed E-state index contributed by atoms with van der Waals surface area (Å²) in [5, 5.41) is 7.22. The van der Waals surface area contributed by atoms with E-state index in [2.05, 4.69) is 10.4 Å². The van der Waals surface area contributed by atoms with Crippen LogP contribution in [0.4, 0.5) is 0 Å². The second-order valence-electron chi connectivity index (χ2n) is 6.20. The first kappa shape index (κ1) is 17.2. The third kappa shape index (κ3) is 3.90. The standard InChI is InChI=1S/C19H24N4O2/c1-2-17-16(14-21-23(17)15-8-4-3-5-9-15)19(25)20-11-10-18(24)22-12-6-7-13-22/h3-5,8-9,14H,2,6-7,10-13H2,1H3,(H,20,25). The summed E-state index contributed by atoms with van der Waals surface area (Å²) in [4.78, 5) is 26.4. The van der Waals surface area contributed by atoms with E-state index in [1.165, 1.54) is 0 Å². The van der Waals surface area contributed by atoms with Gasteiger partial charge in [0, 0.05) is 26.1 Å². The Labute approximate surface area is 147 Å². The van der Waals surface area contributed by atoms with Gasteiger partial charge in [-0.2, -0.15) is 5.10 Å². The minimum Gasteiger partial charge on any atom is -0.351 e. The molecule has 6 nitrogen and oxygen atoms in total. The minimum atomic E-state index is -0.173. The van der Waals surface area contributed by atoms with Gasteiger partial charge in [0.25, 0.3) is 5.91 Å². The number of hydrogen-bond donors (Lipinski definition) is 1. The number of rotatable bonds is 6. The van der Waals surface area contributed by atoms with Crippen LogP contribution in [0.2, 0.25) is 0 Å². The van der Waals surface area contributed by atoms with Crippen LogP contribution in [0.15, 0.2) is 36.5 Å². The zero-order chi connectivity index (χ0) is 17.6. The molecule has 0 unspecified atom stereocenters. The van der Waals surface area contributed by atoms with Gasteiger partial charge in [-0.25, -0.2) is 4.68 Å². The normalized spacial score (nSPS) is 13.9. The molecule has 0 aliphatic carbocycles. The van der Waals surface area contributed by atoms with E-state index < -0.39 is 0 Å². The second kappa shape index (κ2) is 7.96. The summed E-state index contributed by atoms with van der Waals surface area (Å²) in [5.74, 6) is -0.0539. The highest BCUT2D eigenvalue weighted by Crippen LogP contribution is 2.15. The van der Waals surface area contributed by atoms with Crippen molar-refractivity contribution >= 4 is 11.8 Å². The molecule has 1 aliphatic heterocycles. The number of para-hydroxylation sites is 1. The van der Waals surface area contributed by atoms with Crippen molar-refractivity contribution in [2.75, 3.05) is 19.6 Å². The number of benzene rings is 1. The number of carbonyl (C=O) groups excluding carboxylic acids is 2. The van der Waals surface area contributed by atoms with E-state index in [9.17, 15) is 9.59 Å². The largest absolute Gasteiger partial charge is 0.351 e. The van der Waals surface area contributed by atoms with Crippen molar-refractivity contribution in [1.29, 1.82) is 0 Å². The summed E-state index contributed by atoms with van der Waals surface area (Å²) in [7, 11) is 0. The topological polar surface area (TPSA) is 67.2 Å². The maximum atomic E-state index is 12.5. The summed E-state index contributed by atoms with van der Waals surface area (Å²) < 4.78 is 1.80. The lowest BCUT2D eigenvalue weighted by atomic mass is 10.2. The van der Waals surface area contributed by atoms with Gasteiger partial charge in [-0.1, -0.05) is 25.1 Å². The van der Waals surface area contributed by atoms with Crippen LogP contribution in [0.3, 0.4) is 0 Å². The maximum Gasteiger partial charge on any atom is 0.254 e.